The highest BCUT2D eigenvalue weighted by molar-refractivity contribution is 7.89. The first-order valence-corrected chi connectivity index (χ1v) is 5.56. The Kier molecular flexibility index (Phi) is 1.99. The van der Waals surface area contributed by atoms with Gasteiger partial charge >= 0.3 is 0 Å². The van der Waals surface area contributed by atoms with Crippen LogP contribution in [0.4, 0.5) is 0 Å². The summed E-state index contributed by atoms with van der Waals surface area (Å²) in [6.45, 7) is 0. The van der Waals surface area contributed by atoms with E-state index in [0.717, 1.165) is 0 Å². The van der Waals surface area contributed by atoms with Crippen LogP contribution in [-0.2, 0) is 10.0 Å². The number of pyridine rings is 1. The van der Waals surface area contributed by atoms with Gasteiger partial charge in [0.1, 0.15) is 5.65 Å². The van der Waals surface area contributed by atoms with Crippen molar-refractivity contribution in [1.82, 2.24) is 9.38 Å². The standard InChI is InChI=1S/C7H6ClN3O2S/c8-5-1-2-6-10-7(14(9,12)13)4-11(6)3-5/h1-4H,(H2,9,12,13). The maximum atomic E-state index is 11.0. The van der Waals surface area contributed by atoms with Crippen LogP contribution in [0.25, 0.3) is 5.65 Å². The lowest BCUT2D eigenvalue weighted by Gasteiger charge is -1.91. The number of imidazole rings is 1. The monoisotopic (exact) mass is 231 g/mol. The Labute approximate surface area is 85.2 Å². The van der Waals surface area contributed by atoms with Crippen LogP contribution in [-0.4, -0.2) is 17.8 Å². The second-order valence-electron chi connectivity index (χ2n) is 2.74. The van der Waals surface area contributed by atoms with Gasteiger partial charge in [-0.05, 0) is 12.1 Å². The van der Waals surface area contributed by atoms with Crippen LogP contribution in [0.2, 0.25) is 5.02 Å². The summed E-state index contributed by atoms with van der Waals surface area (Å²) in [7, 11) is -3.75. The lowest BCUT2D eigenvalue weighted by molar-refractivity contribution is 0.595. The van der Waals surface area contributed by atoms with Crippen molar-refractivity contribution in [2.75, 3.05) is 0 Å². The van der Waals surface area contributed by atoms with Gasteiger partial charge in [-0.3, -0.25) is 0 Å². The van der Waals surface area contributed by atoms with E-state index in [1.54, 1.807) is 18.3 Å². The third-order valence-electron chi connectivity index (χ3n) is 1.68. The molecule has 74 valence electrons. The lowest BCUT2D eigenvalue weighted by atomic mass is 10.5. The molecule has 5 nitrogen and oxygen atoms in total. The molecule has 2 rings (SSSR count). The third-order valence-corrected chi connectivity index (χ3v) is 2.69. The first-order valence-electron chi connectivity index (χ1n) is 3.64. The number of nitrogens with zero attached hydrogens (tertiary/aromatic N) is 2. The van der Waals surface area contributed by atoms with Gasteiger partial charge in [-0.2, -0.15) is 0 Å². The molecular weight excluding hydrogens is 226 g/mol. The summed E-state index contributed by atoms with van der Waals surface area (Å²) in [5.74, 6) is 0. The van der Waals surface area contributed by atoms with Crippen molar-refractivity contribution in [2.24, 2.45) is 5.14 Å². The zero-order valence-electron chi connectivity index (χ0n) is 6.88. The molecule has 0 aliphatic rings. The van der Waals surface area contributed by atoms with Crippen LogP contribution >= 0.6 is 11.6 Å². The fraction of sp³-hybridized carbons (Fsp3) is 0. The molecule has 0 bridgehead atoms. The number of primary sulfonamides is 1. The number of hydrogen-bond donors (Lipinski definition) is 1. The van der Waals surface area contributed by atoms with Gasteiger partial charge < -0.3 is 4.40 Å². The number of halogens is 1. The normalized spacial score (nSPS) is 12.1. The summed E-state index contributed by atoms with van der Waals surface area (Å²) in [5, 5.41) is 5.25. The van der Waals surface area contributed by atoms with E-state index in [1.807, 2.05) is 0 Å². The van der Waals surface area contributed by atoms with Gasteiger partial charge in [0, 0.05) is 12.4 Å². The van der Waals surface area contributed by atoms with Gasteiger partial charge in [-0.25, -0.2) is 18.5 Å². The predicted octanol–water partition coefficient (Wildman–Crippen LogP) is 0.635. The summed E-state index contributed by atoms with van der Waals surface area (Å²) in [4.78, 5) is 3.82. The Balaban J connectivity index is 2.75. The average molecular weight is 232 g/mol. The molecule has 0 amide bonds. The van der Waals surface area contributed by atoms with Crippen molar-refractivity contribution in [3.05, 3.63) is 29.5 Å². The van der Waals surface area contributed by atoms with E-state index in [1.165, 1.54) is 10.6 Å². The molecule has 0 aliphatic heterocycles. The number of fused-ring (bicyclic) bond motifs is 1. The molecule has 0 saturated heterocycles. The highest BCUT2D eigenvalue weighted by Gasteiger charge is 2.12. The third kappa shape index (κ3) is 1.59. The fourth-order valence-corrected chi connectivity index (χ4v) is 1.73. The largest absolute Gasteiger partial charge is 0.304 e. The van der Waals surface area contributed by atoms with Gasteiger partial charge in [-0.15, -0.1) is 0 Å². The van der Waals surface area contributed by atoms with Crippen molar-refractivity contribution in [2.45, 2.75) is 5.03 Å². The molecule has 14 heavy (non-hydrogen) atoms. The van der Waals surface area contributed by atoms with Crippen LogP contribution in [0.1, 0.15) is 0 Å². The minimum atomic E-state index is -3.75. The number of aromatic nitrogens is 2. The van der Waals surface area contributed by atoms with Gasteiger partial charge in [0.15, 0.2) is 5.03 Å². The molecule has 0 atom stereocenters. The first-order chi connectivity index (χ1) is 6.47. The summed E-state index contributed by atoms with van der Waals surface area (Å²) in [6, 6.07) is 3.23. The molecule has 0 unspecified atom stereocenters. The highest BCUT2D eigenvalue weighted by atomic mass is 35.5. The molecule has 0 aliphatic carbocycles. The summed E-state index contributed by atoms with van der Waals surface area (Å²) in [5.41, 5.74) is 0.485. The zero-order chi connectivity index (χ0) is 10.3. The molecule has 2 heterocycles. The highest BCUT2D eigenvalue weighted by Crippen LogP contribution is 2.13. The van der Waals surface area contributed by atoms with Crippen molar-refractivity contribution >= 4 is 27.3 Å². The SMILES string of the molecule is NS(=O)(=O)c1cn2cc(Cl)ccc2n1. The second kappa shape index (κ2) is 2.94. The molecule has 0 spiro atoms. The molecule has 2 aromatic heterocycles. The van der Waals surface area contributed by atoms with E-state index < -0.39 is 10.0 Å². The van der Waals surface area contributed by atoms with Crippen LogP contribution < -0.4 is 5.14 Å². The molecule has 0 fully saturated rings. The topological polar surface area (TPSA) is 77.5 Å². The van der Waals surface area contributed by atoms with Gasteiger partial charge in [-0.1, -0.05) is 11.6 Å². The van der Waals surface area contributed by atoms with E-state index in [2.05, 4.69) is 4.98 Å². The maximum Gasteiger partial charge on any atom is 0.257 e. The molecule has 0 radical (unpaired) electrons. The van der Waals surface area contributed by atoms with Crippen molar-refractivity contribution in [3.63, 3.8) is 0 Å². The number of rotatable bonds is 1. The zero-order valence-corrected chi connectivity index (χ0v) is 8.46. The molecule has 7 heteroatoms. The van der Waals surface area contributed by atoms with Crippen LogP contribution in [0.15, 0.2) is 29.6 Å². The minimum Gasteiger partial charge on any atom is -0.304 e. The number of nitrogens with two attached hydrogens (primary N) is 1. The first kappa shape index (κ1) is 9.45. The summed E-state index contributed by atoms with van der Waals surface area (Å²) >= 11 is 5.71. The van der Waals surface area contributed by atoms with E-state index in [0.29, 0.717) is 10.7 Å². The van der Waals surface area contributed by atoms with Crippen molar-refractivity contribution < 1.29 is 8.42 Å². The smallest absolute Gasteiger partial charge is 0.257 e. The van der Waals surface area contributed by atoms with E-state index in [-0.39, 0.29) is 5.03 Å². The van der Waals surface area contributed by atoms with E-state index >= 15 is 0 Å². The second-order valence-corrected chi connectivity index (χ2v) is 4.68. The fourth-order valence-electron chi connectivity index (χ4n) is 1.08. The predicted molar refractivity (Wildman–Crippen MR) is 51.6 cm³/mol. The average Bonchev–Trinajstić information content (AvgIpc) is 2.45. The van der Waals surface area contributed by atoms with Crippen molar-refractivity contribution in [3.8, 4) is 0 Å². The molecule has 0 saturated carbocycles. The van der Waals surface area contributed by atoms with Crippen LogP contribution in [0, 0.1) is 0 Å². The molecular formula is C7H6ClN3O2S. The summed E-state index contributed by atoms with van der Waals surface area (Å²) in [6.07, 6.45) is 2.87. The molecule has 2 aromatic rings. The Hall–Kier alpha value is -1.11. The van der Waals surface area contributed by atoms with Gasteiger partial charge in [0.25, 0.3) is 10.0 Å². The van der Waals surface area contributed by atoms with Crippen LogP contribution in [0.5, 0.6) is 0 Å². The quantitative estimate of drug-likeness (QED) is 0.782. The Morgan fingerprint density at radius 2 is 2.07 bits per heavy atom. The van der Waals surface area contributed by atoms with E-state index in [9.17, 15) is 8.42 Å². The number of hydrogen-bond acceptors (Lipinski definition) is 3. The van der Waals surface area contributed by atoms with Crippen molar-refractivity contribution in [1.29, 1.82) is 0 Å². The van der Waals surface area contributed by atoms with Crippen LogP contribution in [0.3, 0.4) is 0 Å². The summed E-state index contributed by atoms with van der Waals surface area (Å²) < 4.78 is 23.4. The Bertz CT molecular complexity index is 590. The molecule has 2 N–H and O–H groups in total. The Morgan fingerprint density at radius 1 is 1.36 bits per heavy atom. The molecule has 0 aromatic carbocycles. The van der Waals surface area contributed by atoms with Gasteiger partial charge in [0.05, 0.1) is 5.02 Å². The number of sulfonamides is 1. The minimum absolute atomic E-state index is 0.167. The van der Waals surface area contributed by atoms with E-state index in [4.69, 9.17) is 16.7 Å². The lowest BCUT2D eigenvalue weighted by Crippen LogP contribution is -2.12. The maximum absolute atomic E-state index is 11.0. The van der Waals surface area contributed by atoms with Gasteiger partial charge in [0.2, 0.25) is 0 Å². The Morgan fingerprint density at radius 3 is 2.71 bits per heavy atom.